The molecule has 6 rings (SSSR count). The first kappa shape index (κ1) is 47.4. The number of halogens is 3. The number of furan rings is 1. The van der Waals surface area contributed by atoms with Crippen LogP contribution in [-0.2, 0) is 36.7 Å². The van der Waals surface area contributed by atoms with Crippen LogP contribution in [0.25, 0.3) is 55.2 Å². The van der Waals surface area contributed by atoms with E-state index in [1.54, 1.807) is 0 Å². The summed E-state index contributed by atoms with van der Waals surface area (Å²) >= 11 is 0. The summed E-state index contributed by atoms with van der Waals surface area (Å²) in [6, 6.07) is 27.8. The minimum atomic E-state index is -4.29. The van der Waals surface area contributed by atoms with Crippen LogP contribution in [0.1, 0.15) is 110 Å². The fourth-order valence-corrected chi connectivity index (χ4v) is 7.95. The van der Waals surface area contributed by atoms with Gasteiger partial charge >= 0.3 is 6.18 Å². The Kier molecular flexibility index (Phi) is 15.3. The first-order chi connectivity index (χ1) is 27.2. The summed E-state index contributed by atoms with van der Waals surface area (Å²) in [7, 11) is 0. The summed E-state index contributed by atoms with van der Waals surface area (Å²) in [4.78, 5) is 16.9. The van der Waals surface area contributed by atoms with E-state index in [9.17, 15) is 23.1 Å². The predicted octanol–water partition coefficient (Wildman–Crippen LogP) is 15.2. The Hall–Kier alpha value is -4.26. The molecule has 0 amide bonds. The molecule has 1 radical (unpaired) electrons. The summed E-state index contributed by atoms with van der Waals surface area (Å²) in [5.41, 5.74) is 5.82. The third-order valence-corrected chi connectivity index (χ3v) is 11.5. The number of carbonyl (C=O) groups is 1. The molecule has 0 atom stereocenters. The molecule has 0 unspecified atom stereocenters. The van der Waals surface area contributed by atoms with Gasteiger partial charge in [-0.2, -0.15) is 13.2 Å². The number of aliphatic hydroxyl groups is 1. The van der Waals surface area contributed by atoms with E-state index in [0.29, 0.717) is 11.3 Å². The largest absolute Gasteiger partial charge is 0.512 e. The number of carbonyl (C=O) groups excluding carboxylic acids is 1. The van der Waals surface area contributed by atoms with Gasteiger partial charge in [-0.3, -0.25) is 9.78 Å². The standard InChI is InChI=1S/C38H35F3NO.C13H24O2.Ir/c1-22-16-24(21-37(6,7)38(39,40)41)17-23(2)33(22)32-20-29-34(42-31-15-11-10-14-28(31)35(29)43-32)26-18-25-12-8-9-13-27(25)30(19-26)36(3,4)5;1-5-10(6-2)12(14)9-13(15)11(7-3)8-4;/h8-17,19-20H,21H2,1-7H3;9-11,14H,5-8H2,1-4H3;/q-1;;/b;12-9-;. The average Bonchev–Trinajstić information content (AvgIpc) is 3.59. The van der Waals surface area contributed by atoms with Crippen molar-refractivity contribution in [1.29, 1.82) is 0 Å². The minimum Gasteiger partial charge on any atom is -0.512 e. The Morgan fingerprint density at radius 1 is 0.797 bits per heavy atom. The van der Waals surface area contributed by atoms with E-state index in [0.717, 1.165) is 80.9 Å². The van der Waals surface area contributed by atoms with E-state index in [-0.39, 0.29) is 55.3 Å². The molecule has 4 aromatic carbocycles. The molecule has 2 heterocycles. The van der Waals surface area contributed by atoms with Gasteiger partial charge in [0, 0.05) is 60.0 Å². The van der Waals surface area contributed by atoms with Crippen molar-refractivity contribution in [1.82, 2.24) is 4.98 Å². The van der Waals surface area contributed by atoms with Gasteiger partial charge in [0.15, 0.2) is 5.78 Å². The van der Waals surface area contributed by atoms with Crippen molar-refractivity contribution in [3.63, 3.8) is 0 Å². The zero-order valence-corrected chi connectivity index (χ0v) is 38.8. The van der Waals surface area contributed by atoms with Gasteiger partial charge in [0.25, 0.3) is 0 Å². The molecular weight excluding hydrogens is 924 g/mol. The number of aliphatic hydroxyl groups excluding tert-OH is 1. The van der Waals surface area contributed by atoms with Crippen LogP contribution in [0.4, 0.5) is 13.2 Å². The predicted molar refractivity (Wildman–Crippen MR) is 234 cm³/mol. The van der Waals surface area contributed by atoms with Crippen LogP contribution in [0.5, 0.6) is 0 Å². The van der Waals surface area contributed by atoms with Crippen molar-refractivity contribution in [3.05, 3.63) is 113 Å². The Balaban J connectivity index is 0.000000411. The SMILES string of the molecule is CCC(CC)C(=O)/C=C(\O)C(CC)CC.Cc1cc(CC(C)(C)C(F)(F)F)cc(C)c1-c1cc2c(-c3[c-]c4ccccc4c(C(C)(C)C)c3)nc3ccccc3c2o1.[Ir]. The second kappa shape index (κ2) is 19.0. The molecule has 0 aliphatic carbocycles. The fourth-order valence-electron chi connectivity index (χ4n) is 7.95. The van der Waals surface area contributed by atoms with Gasteiger partial charge in [-0.1, -0.05) is 116 Å². The number of para-hydroxylation sites is 1. The summed E-state index contributed by atoms with van der Waals surface area (Å²) < 4.78 is 47.6. The first-order valence-electron chi connectivity index (χ1n) is 20.6. The Morgan fingerprint density at radius 3 is 1.92 bits per heavy atom. The molecule has 4 nitrogen and oxygen atoms in total. The normalized spacial score (nSPS) is 12.6. The Bertz CT molecular complexity index is 2420. The maximum Gasteiger partial charge on any atom is 0.394 e. The molecule has 0 fully saturated rings. The van der Waals surface area contributed by atoms with Gasteiger partial charge < -0.3 is 9.52 Å². The summed E-state index contributed by atoms with van der Waals surface area (Å²) in [6.45, 7) is 21.1. The average molecular weight is 983 g/mol. The zero-order valence-electron chi connectivity index (χ0n) is 36.4. The van der Waals surface area contributed by atoms with Gasteiger partial charge in [-0.05, 0) is 86.3 Å². The minimum absolute atomic E-state index is 0. The van der Waals surface area contributed by atoms with Crippen molar-refractivity contribution in [3.8, 4) is 22.6 Å². The molecule has 0 saturated carbocycles. The molecule has 0 aliphatic rings. The van der Waals surface area contributed by atoms with E-state index in [1.165, 1.54) is 30.9 Å². The van der Waals surface area contributed by atoms with Crippen LogP contribution in [0.15, 0.2) is 89.0 Å². The maximum atomic E-state index is 13.6. The second-order valence-electron chi connectivity index (χ2n) is 17.4. The molecular formula is C51H59F3IrNO3-. The van der Waals surface area contributed by atoms with Crippen LogP contribution in [0.3, 0.4) is 0 Å². The van der Waals surface area contributed by atoms with Crippen LogP contribution in [-0.4, -0.2) is 22.1 Å². The number of benzene rings is 4. The molecule has 0 spiro atoms. The third kappa shape index (κ3) is 10.4. The number of hydrogen-bond donors (Lipinski definition) is 1. The quantitative estimate of drug-likeness (QED) is 0.0798. The molecule has 59 heavy (non-hydrogen) atoms. The van der Waals surface area contributed by atoms with Crippen LogP contribution >= 0.6 is 0 Å². The Labute approximate surface area is 362 Å². The van der Waals surface area contributed by atoms with Gasteiger partial charge in [0.1, 0.15) is 11.3 Å². The molecule has 0 aliphatic heterocycles. The van der Waals surface area contributed by atoms with E-state index < -0.39 is 11.6 Å². The number of aromatic nitrogens is 1. The number of rotatable bonds is 11. The number of nitrogens with zero attached hydrogens (tertiary/aromatic N) is 1. The van der Waals surface area contributed by atoms with E-state index in [1.807, 2.05) is 90.1 Å². The fraction of sp³-hybridized carbons (Fsp3) is 0.412. The van der Waals surface area contributed by atoms with Crippen LogP contribution < -0.4 is 0 Å². The molecule has 317 valence electrons. The number of pyridine rings is 1. The van der Waals surface area contributed by atoms with Crippen molar-refractivity contribution in [2.75, 3.05) is 0 Å². The summed E-state index contributed by atoms with van der Waals surface area (Å²) in [6.07, 6.45) is 0.526. The van der Waals surface area contributed by atoms with Crippen molar-refractivity contribution < 1.29 is 47.6 Å². The zero-order chi connectivity index (χ0) is 42.7. The van der Waals surface area contributed by atoms with Gasteiger partial charge in [0.2, 0.25) is 0 Å². The van der Waals surface area contributed by atoms with Gasteiger partial charge in [0.05, 0.1) is 16.7 Å². The molecule has 8 heteroatoms. The van der Waals surface area contributed by atoms with Crippen LogP contribution in [0.2, 0.25) is 0 Å². The summed E-state index contributed by atoms with van der Waals surface area (Å²) in [5, 5.41) is 13.7. The van der Waals surface area contributed by atoms with Crippen molar-refractivity contribution in [2.45, 2.75) is 120 Å². The molecule has 1 N–H and O–H groups in total. The number of fused-ring (bicyclic) bond motifs is 4. The monoisotopic (exact) mass is 983 g/mol. The topological polar surface area (TPSA) is 63.3 Å². The molecule has 0 saturated heterocycles. The molecule has 6 aromatic rings. The number of ketones is 1. The van der Waals surface area contributed by atoms with Crippen LogP contribution in [0, 0.1) is 37.2 Å². The number of allylic oxidation sites excluding steroid dienone is 2. The molecule has 0 bridgehead atoms. The van der Waals surface area contributed by atoms with E-state index in [2.05, 4.69) is 51.1 Å². The van der Waals surface area contributed by atoms with E-state index in [4.69, 9.17) is 9.40 Å². The third-order valence-electron chi connectivity index (χ3n) is 11.5. The number of aryl methyl sites for hydroxylation is 2. The molecule has 2 aromatic heterocycles. The number of alkyl halides is 3. The second-order valence-corrected chi connectivity index (χ2v) is 17.4. The first-order valence-corrected chi connectivity index (χ1v) is 20.6. The number of hydrogen-bond acceptors (Lipinski definition) is 4. The van der Waals surface area contributed by atoms with Gasteiger partial charge in [-0.15, -0.1) is 29.1 Å². The maximum absolute atomic E-state index is 13.6. The van der Waals surface area contributed by atoms with Crippen molar-refractivity contribution >= 4 is 38.4 Å². The van der Waals surface area contributed by atoms with Gasteiger partial charge in [-0.25, -0.2) is 0 Å². The smallest absolute Gasteiger partial charge is 0.394 e. The van der Waals surface area contributed by atoms with E-state index >= 15 is 0 Å². The Morgan fingerprint density at radius 2 is 1.36 bits per heavy atom. The summed E-state index contributed by atoms with van der Waals surface area (Å²) in [5.74, 6) is 1.22. The van der Waals surface area contributed by atoms with Crippen molar-refractivity contribution in [2.24, 2.45) is 17.3 Å².